The maximum absolute atomic E-state index is 12.6. The third-order valence-corrected chi connectivity index (χ3v) is 4.45. The van der Waals surface area contributed by atoms with E-state index in [0.717, 1.165) is 11.3 Å². The van der Waals surface area contributed by atoms with Crippen molar-refractivity contribution in [2.45, 2.75) is 39.3 Å². The molecule has 1 aromatic carbocycles. The van der Waals surface area contributed by atoms with Crippen LogP contribution in [0.3, 0.4) is 0 Å². The Labute approximate surface area is 161 Å². The molecule has 0 unspecified atom stereocenters. The number of carbonyl (C=O) groups is 2. The normalized spacial score (nSPS) is 15.2. The summed E-state index contributed by atoms with van der Waals surface area (Å²) in [6, 6.07) is 5.02. The molecule has 3 heterocycles. The molecule has 0 fully saturated rings. The number of aromatic amines is 1. The second kappa shape index (κ2) is 6.74. The fourth-order valence-electron chi connectivity index (χ4n) is 3.12. The summed E-state index contributed by atoms with van der Waals surface area (Å²) in [5.41, 5.74) is 1.59. The number of fused-ring (bicyclic) bond motifs is 2. The summed E-state index contributed by atoms with van der Waals surface area (Å²) < 4.78 is 16.0. The van der Waals surface area contributed by atoms with Gasteiger partial charge < -0.3 is 24.4 Å². The van der Waals surface area contributed by atoms with Gasteiger partial charge in [-0.15, -0.1) is 0 Å². The summed E-state index contributed by atoms with van der Waals surface area (Å²) in [6.07, 6.45) is 0.209. The number of amides is 2. The van der Waals surface area contributed by atoms with Crippen LogP contribution >= 0.6 is 0 Å². The molecule has 0 atom stereocenters. The Balaban J connectivity index is 1.44. The lowest BCUT2D eigenvalue weighted by molar-refractivity contribution is 0.0221. The van der Waals surface area contributed by atoms with Crippen molar-refractivity contribution < 1.29 is 23.8 Å². The molecule has 148 valence electrons. The van der Waals surface area contributed by atoms with Crippen molar-refractivity contribution in [1.82, 2.24) is 15.1 Å². The average molecular weight is 386 g/mol. The van der Waals surface area contributed by atoms with Crippen LogP contribution in [0.5, 0.6) is 11.5 Å². The van der Waals surface area contributed by atoms with Gasteiger partial charge in [0.2, 0.25) is 6.79 Å². The van der Waals surface area contributed by atoms with E-state index in [1.807, 2.05) is 20.8 Å². The third-order valence-electron chi connectivity index (χ3n) is 4.45. The number of nitrogens with zero attached hydrogens (tertiary/aromatic N) is 2. The van der Waals surface area contributed by atoms with Gasteiger partial charge in [-0.2, -0.15) is 5.10 Å². The highest BCUT2D eigenvalue weighted by Gasteiger charge is 2.29. The van der Waals surface area contributed by atoms with Crippen molar-refractivity contribution in [3.63, 3.8) is 0 Å². The molecule has 2 amide bonds. The maximum atomic E-state index is 12.6. The van der Waals surface area contributed by atoms with Gasteiger partial charge in [-0.25, -0.2) is 4.79 Å². The van der Waals surface area contributed by atoms with Gasteiger partial charge >= 0.3 is 6.09 Å². The number of ether oxygens (including phenoxy) is 3. The van der Waals surface area contributed by atoms with Crippen LogP contribution in [0.4, 0.5) is 10.6 Å². The van der Waals surface area contributed by atoms with Crippen LogP contribution in [-0.2, 0) is 17.7 Å². The lowest BCUT2D eigenvalue weighted by atomic mass is 10.1. The highest BCUT2D eigenvalue weighted by Crippen LogP contribution is 2.33. The first-order chi connectivity index (χ1) is 13.3. The van der Waals surface area contributed by atoms with E-state index < -0.39 is 5.60 Å². The molecule has 2 N–H and O–H groups in total. The number of benzene rings is 1. The van der Waals surface area contributed by atoms with Crippen LogP contribution < -0.4 is 14.8 Å². The largest absolute Gasteiger partial charge is 0.454 e. The zero-order valence-electron chi connectivity index (χ0n) is 16.0. The predicted molar refractivity (Wildman–Crippen MR) is 99.5 cm³/mol. The minimum atomic E-state index is -0.547. The number of anilines is 1. The first-order valence-electron chi connectivity index (χ1n) is 9.05. The molecule has 2 aromatic rings. The van der Waals surface area contributed by atoms with E-state index in [9.17, 15) is 9.59 Å². The SMILES string of the molecule is CC(C)(C)OC(=O)N1CCc2c(NC(=O)c3ccc4c(c3)OCO4)n[nH]c2C1. The zero-order valence-corrected chi connectivity index (χ0v) is 16.0. The zero-order chi connectivity index (χ0) is 19.9. The Bertz CT molecular complexity index is 931. The summed E-state index contributed by atoms with van der Waals surface area (Å²) >= 11 is 0. The highest BCUT2D eigenvalue weighted by atomic mass is 16.7. The summed E-state index contributed by atoms with van der Waals surface area (Å²) in [4.78, 5) is 26.5. The number of nitrogens with one attached hydrogen (secondary N) is 2. The molecule has 9 heteroatoms. The molecule has 9 nitrogen and oxygen atoms in total. The fourth-order valence-corrected chi connectivity index (χ4v) is 3.12. The van der Waals surface area contributed by atoms with Crippen molar-refractivity contribution in [2.24, 2.45) is 0 Å². The van der Waals surface area contributed by atoms with Gasteiger partial charge in [-0.3, -0.25) is 9.89 Å². The average Bonchev–Trinajstić information content (AvgIpc) is 3.26. The first kappa shape index (κ1) is 18.1. The van der Waals surface area contributed by atoms with E-state index in [0.29, 0.717) is 42.4 Å². The Morgan fingerprint density at radius 2 is 2.04 bits per heavy atom. The Morgan fingerprint density at radius 3 is 2.82 bits per heavy atom. The van der Waals surface area contributed by atoms with Gasteiger partial charge in [-0.1, -0.05) is 0 Å². The summed E-state index contributed by atoms with van der Waals surface area (Å²) in [6.45, 7) is 6.51. The molecule has 0 saturated carbocycles. The minimum absolute atomic E-state index is 0.154. The van der Waals surface area contributed by atoms with Crippen molar-refractivity contribution >= 4 is 17.8 Å². The summed E-state index contributed by atoms with van der Waals surface area (Å²) in [7, 11) is 0. The summed E-state index contributed by atoms with van der Waals surface area (Å²) in [5.74, 6) is 1.35. The number of carbonyl (C=O) groups excluding carboxylic acids is 2. The van der Waals surface area contributed by atoms with Crippen molar-refractivity contribution in [3.05, 3.63) is 35.0 Å². The Kier molecular flexibility index (Phi) is 4.37. The number of H-pyrrole nitrogens is 1. The molecule has 0 saturated heterocycles. The first-order valence-corrected chi connectivity index (χ1v) is 9.05. The molecule has 2 aliphatic heterocycles. The van der Waals surface area contributed by atoms with Gasteiger partial charge in [-0.05, 0) is 45.4 Å². The number of aromatic nitrogens is 2. The Hall–Kier alpha value is -3.23. The van der Waals surface area contributed by atoms with Crippen LogP contribution in [0.2, 0.25) is 0 Å². The Morgan fingerprint density at radius 1 is 1.25 bits per heavy atom. The maximum Gasteiger partial charge on any atom is 0.410 e. The van der Waals surface area contributed by atoms with Crippen LogP contribution in [0, 0.1) is 0 Å². The van der Waals surface area contributed by atoms with E-state index in [2.05, 4.69) is 15.5 Å². The second-order valence-corrected chi connectivity index (χ2v) is 7.70. The van der Waals surface area contributed by atoms with E-state index in [-0.39, 0.29) is 18.8 Å². The third kappa shape index (κ3) is 3.60. The molecule has 2 aliphatic rings. The van der Waals surface area contributed by atoms with E-state index in [4.69, 9.17) is 14.2 Å². The van der Waals surface area contributed by atoms with Crippen LogP contribution in [0.1, 0.15) is 42.4 Å². The highest BCUT2D eigenvalue weighted by molar-refractivity contribution is 6.04. The lowest BCUT2D eigenvalue weighted by Gasteiger charge is -2.29. The standard InChI is InChI=1S/C19H22N4O5/c1-19(2,3)28-18(25)23-7-6-12-13(9-23)21-22-16(12)20-17(24)11-4-5-14-15(8-11)27-10-26-14/h4-5,8H,6-7,9-10H2,1-3H3,(H2,20,21,22,24). The molecular formula is C19H22N4O5. The molecule has 0 aliphatic carbocycles. The molecule has 4 rings (SSSR count). The van der Waals surface area contributed by atoms with E-state index >= 15 is 0 Å². The topological polar surface area (TPSA) is 106 Å². The van der Waals surface area contributed by atoms with E-state index in [1.165, 1.54) is 0 Å². The molecule has 0 bridgehead atoms. The van der Waals surface area contributed by atoms with Gasteiger partial charge in [0.05, 0.1) is 12.2 Å². The van der Waals surface area contributed by atoms with Crippen LogP contribution in [0.15, 0.2) is 18.2 Å². The molecule has 0 spiro atoms. The monoisotopic (exact) mass is 386 g/mol. The number of rotatable bonds is 2. The fraction of sp³-hybridized carbons (Fsp3) is 0.421. The van der Waals surface area contributed by atoms with Gasteiger partial charge in [0.1, 0.15) is 5.60 Å². The van der Waals surface area contributed by atoms with Gasteiger partial charge in [0, 0.05) is 17.7 Å². The smallest absolute Gasteiger partial charge is 0.410 e. The number of hydrogen-bond acceptors (Lipinski definition) is 6. The molecule has 28 heavy (non-hydrogen) atoms. The van der Waals surface area contributed by atoms with Crippen molar-refractivity contribution in [3.8, 4) is 11.5 Å². The van der Waals surface area contributed by atoms with Crippen LogP contribution in [0.25, 0.3) is 0 Å². The predicted octanol–water partition coefficient (Wildman–Crippen LogP) is 2.68. The summed E-state index contributed by atoms with van der Waals surface area (Å²) in [5, 5.41) is 9.95. The number of hydrogen-bond donors (Lipinski definition) is 2. The van der Waals surface area contributed by atoms with Gasteiger partial charge in [0.25, 0.3) is 5.91 Å². The van der Waals surface area contributed by atoms with Crippen molar-refractivity contribution in [1.29, 1.82) is 0 Å². The minimum Gasteiger partial charge on any atom is -0.454 e. The second-order valence-electron chi connectivity index (χ2n) is 7.70. The lowest BCUT2D eigenvalue weighted by Crippen LogP contribution is -2.39. The van der Waals surface area contributed by atoms with E-state index in [1.54, 1.807) is 23.1 Å². The quantitative estimate of drug-likeness (QED) is 0.822. The van der Waals surface area contributed by atoms with Crippen LogP contribution in [-0.4, -0.2) is 46.0 Å². The molecular weight excluding hydrogens is 364 g/mol. The molecule has 1 aromatic heterocycles. The molecule has 0 radical (unpaired) electrons. The van der Waals surface area contributed by atoms with Gasteiger partial charge in [0.15, 0.2) is 17.3 Å². The van der Waals surface area contributed by atoms with Crippen molar-refractivity contribution in [2.75, 3.05) is 18.7 Å².